The number of ether oxygens (including phenoxy) is 2. The van der Waals surface area contributed by atoms with Crippen LogP contribution in [0.4, 0.5) is 4.39 Å². The summed E-state index contributed by atoms with van der Waals surface area (Å²) in [4.78, 5) is 16.2. The molecule has 9 heteroatoms. The lowest BCUT2D eigenvalue weighted by Crippen LogP contribution is -2.43. The summed E-state index contributed by atoms with van der Waals surface area (Å²) in [7, 11) is 0. The van der Waals surface area contributed by atoms with E-state index in [2.05, 4.69) is 20.9 Å². The van der Waals surface area contributed by atoms with Gasteiger partial charge in [-0.25, -0.2) is 9.38 Å². The average molecular weight is 508 g/mol. The summed E-state index contributed by atoms with van der Waals surface area (Å²) in [5.74, 6) is 0.775. The summed E-state index contributed by atoms with van der Waals surface area (Å²) in [6, 6.07) is 2.91. The Kier molecular flexibility index (Phi) is 9.94. The number of nitrogens with one attached hydrogen (secondary N) is 3. The molecule has 0 unspecified atom stereocenters. The molecule has 0 fully saturated rings. The van der Waals surface area contributed by atoms with E-state index in [0.29, 0.717) is 37.8 Å². The molecule has 158 valence electrons. The van der Waals surface area contributed by atoms with Gasteiger partial charge in [-0.3, -0.25) is 4.79 Å². The quantitative estimate of drug-likeness (QED) is 0.312. The highest BCUT2D eigenvalue weighted by Crippen LogP contribution is 2.29. The molecule has 1 aromatic rings. The highest BCUT2D eigenvalue weighted by Gasteiger charge is 2.17. The Morgan fingerprint density at radius 2 is 2.04 bits per heavy atom. The zero-order chi connectivity index (χ0) is 19.9. The van der Waals surface area contributed by atoms with E-state index in [1.807, 2.05) is 27.7 Å². The minimum atomic E-state index is -0.308. The Balaban J connectivity index is 0.00000392. The number of carbonyl (C=O) groups excluding carboxylic acids is 1. The van der Waals surface area contributed by atoms with Crippen LogP contribution in [-0.4, -0.2) is 43.8 Å². The molecule has 1 amide bonds. The zero-order valence-corrected chi connectivity index (χ0v) is 19.2. The second kappa shape index (κ2) is 11.4. The fourth-order valence-corrected chi connectivity index (χ4v) is 2.71. The highest BCUT2D eigenvalue weighted by molar-refractivity contribution is 14.0. The number of aliphatic imine (C=N–C) groups is 1. The molecule has 0 radical (unpaired) electrons. The van der Waals surface area contributed by atoms with Gasteiger partial charge in [0, 0.05) is 24.2 Å². The van der Waals surface area contributed by atoms with E-state index >= 15 is 0 Å². The molecule has 0 atom stereocenters. The number of amides is 1. The van der Waals surface area contributed by atoms with Gasteiger partial charge in [-0.05, 0) is 51.8 Å². The third kappa shape index (κ3) is 8.17. The van der Waals surface area contributed by atoms with E-state index in [0.717, 1.165) is 11.1 Å². The number of carbonyl (C=O) groups is 1. The van der Waals surface area contributed by atoms with Gasteiger partial charge in [-0.15, -0.1) is 24.0 Å². The van der Waals surface area contributed by atoms with Gasteiger partial charge >= 0.3 is 0 Å². The molecule has 2 rings (SSSR count). The Morgan fingerprint density at radius 3 is 2.71 bits per heavy atom. The first-order chi connectivity index (χ1) is 12.8. The number of nitrogens with zero attached hydrogens (tertiary/aromatic N) is 1. The molecular weight excluding hydrogens is 478 g/mol. The number of rotatable bonds is 6. The van der Waals surface area contributed by atoms with E-state index < -0.39 is 0 Å². The van der Waals surface area contributed by atoms with Gasteiger partial charge in [-0.2, -0.15) is 0 Å². The molecule has 1 heterocycles. The van der Waals surface area contributed by atoms with Gasteiger partial charge in [0.25, 0.3) is 0 Å². The molecule has 0 bridgehead atoms. The summed E-state index contributed by atoms with van der Waals surface area (Å²) in [5, 5.41) is 9.12. The molecule has 1 aromatic carbocycles. The molecule has 0 aliphatic carbocycles. The van der Waals surface area contributed by atoms with E-state index in [-0.39, 0.29) is 54.6 Å². The minimum absolute atomic E-state index is 0. The zero-order valence-electron chi connectivity index (χ0n) is 16.9. The van der Waals surface area contributed by atoms with Crippen LogP contribution >= 0.6 is 24.0 Å². The second-order valence-electron chi connectivity index (χ2n) is 7.33. The van der Waals surface area contributed by atoms with E-state index in [1.54, 1.807) is 0 Å². The van der Waals surface area contributed by atoms with Crippen LogP contribution in [0.2, 0.25) is 0 Å². The van der Waals surface area contributed by atoms with Crippen molar-refractivity contribution in [3.63, 3.8) is 0 Å². The molecule has 0 spiro atoms. The topological polar surface area (TPSA) is 84.0 Å². The molecular formula is C19H30FIN4O3. The van der Waals surface area contributed by atoms with Gasteiger partial charge in [0.15, 0.2) is 12.8 Å². The minimum Gasteiger partial charge on any atom is -0.467 e. The fraction of sp³-hybridized carbons (Fsp3) is 0.579. The predicted octanol–water partition coefficient (Wildman–Crippen LogP) is 2.32. The smallest absolute Gasteiger partial charge is 0.242 e. The van der Waals surface area contributed by atoms with Crippen LogP contribution in [0.25, 0.3) is 0 Å². The lowest BCUT2D eigenvalue weighted by Gasteiger charge is -2.21. The number of fused-ring (bicyclic) bond motifs is 1. The van der Waals surface area contributed by atoms with Gasteiger partial charge in [0.2, 0.25) is 5.91 Å². The van der Waals surface area contributed by atoms with Crippen molar-refractivity contribution < 1.29 is 18.7 Å². The summed E-state index contributed by atoms with van der Waals surface area (Å²) in [6.07, 6.45) is 0.554. The molecule has 7 nitrogen and oxygen atoms in total. The number of guanidine groups is 1. The number of halogens is 2. The van der Waals surface area contributed by atoms with Crippen molar-refractivity contribution in [2.45, 2.75) is 46.3 Å². The molecule has 1 aliphatic heterocycles. The first kappa shape index (κ1) is 24.4. The number of hydrogen-bond acceptors (Lipinski definition) is 4. The van der Waals surface area contributed by atoms with Crippen molar-refractivity contribution >= 4 is 35.8 Å². The van der Waals surface area contributed by atoms with Crippen molar-refractivity contribution in [2.24, 2.45) is 4.99 Å². The standard InChI is InChI=1S/C19H29FN4O3.HI/c1-5-21-18(23-10-16(25)24-19(2,3)4)22-7-6-13-8-15(20)9-14-11-26-12-27-17(13)14;/h8-9H,5-7,10-12H2,1-4H3,(H,24,25)(H2,21,22,23);1H. The van der Waals surface area contributed by atoms with Crippen LogP contribution in [0.1, 0.15) is 38.8 Å². The maximum atomic E-state index is 13.8. The average Bonchev–Trinajstić information content (AvgIpc) is 2.58. The molecule has 0 saturated heterocycles. The molecule has 0 saturated carbocycles. The predicted molar refractivity (Wildman–Crippen MR) is 118 cm³/mol. The summed E-state index contributed by atoms with van der Waals surface area (Å²) in [6.45, 7) is 9.45. The van der Waals surface area contributed by atoms with Crippen LogP contribution in [-0.2, 0) is 22.6 Å². The summed E-state index contributed by atoms with van der Waals surface area (Å²) < 4.78 is 24.5. The van der Waals surface area contributed by atoms with E-state index in [9.17, 15) is 9.18 Å². The van der Waals surface area contributed by atoms with Crippen molar-refractivity contribution in [3.05, 3.63) is 29.1 Å². The molecule has 3 N–H and O–H groups in total. The third-order valence-electron chi connectivity index (χ3n) is 3.68. The van der Waals surface area contributed by atoms with Crippen molar-refractivity contribution in [1.82, 2.24) is 16.0 Å². The monoisotopic (exact) mass is 508 g/mol. The van der Waals surface area contributed by atoms with Crippen molar-refractivity contribution in [2.75, 3.05) is 26.4 Å². The van der Waals surface area contributed by atoms with Crippen molar-refractivity contribution in [1.29, 1.82) is 0 Å². The largest absolute Gasteiger partial charge is 0.467 e. The lowest BCUT2D eigenvalue weighted by atomic mass is 10.1. The SMILES string of the molecule is CCNC(=NCC(=O)NC(C)(C)C)NCCc1cc(F)cc2c1OCOC2.I. The Labute approximate surface area is 182 Å². The first-order valence-electron chi connectivity index (χ1n) is 9.13. The number of hydrogen-bond donors (Lipinski definition) is 3. The highest BCUT2D eigenvalue weighted by atomic mass is 127. The lowest BCUT2D eigenvalue weighted by molar-refractivity contribution is -0.121. The Bertz CT molecular complexity index is 692. The summed E-state index contributed by atoms with van der Waals surface area (Å²) in [5.41, 5.74) is 1.20. The fourth-order valence-electron chi connectivity index (χ4n) is 2.71. The van der Waals surface area contributed by atoms with Crippen LogP contribution in [0.3, 0.4) is 0 Å². The van der Waals surface area contributed by atoms with Gasteiger partial charge in [0.05, 0.1) is 6.61 Å². The van der Waals surface area contributed by atoms with Crippen LogP contribution in [0.5, 0.6) is 5.75 Å². The maximum Gasteiger partial charge on any atom is 0.242 e. The summed E-state index contributed by atoms with van der Waals surface area (Å²) >= 11 is 0. The molecule has 0 aromatic heterocycles. The van der Waals surface area contributed by atoms with Gasteiger partial charge < -0.3 is 25.4 Å². The van der Waals surface area contributed by atoms with Crippen LogP contribution in [0.15, 0.2) is 17.1 Å². The third-order valence-corrected chi connectivity index (χ3v) is 3.68. The van der Waals surface area contributed by atoms with Crippen LogP contribution in [0, 0.1) is 5.82 Å². The van der Waals surface area contributed by atoms with E-state index in [4.69, 9.17) is 9.47 Å². The Hall–Kier alpha value is -1.62. The molecule has 28 heavy (non-hydrogen) atoms. The van der Waals surface area contributed by atoms with Gasteiger partial charge in [-0.1, -0.05) is 0 Å². The normalized spacial score (nSPS) is 13.7. The first-order valence-corrected chi connectivity index (χ1v) is 9.13. The second-order valence-corrected chi connectivity index (χ2v) is 7.33. The van der Waals surface area contributed by atoms with E-state index in [1.165, 1.54) is 12.1 Å². The number of benzene rings is 1. The van der Waals surface area contributed by atoms with Crippen LogP contribution < -0.4 is 20.7 Å². The molecule has 1 aliphatic rings. The maximum absolute atomic E-state index is 13.8. The Morgan fingerprint density at radius 1 is 1.29 bits per heavy atom. The van der Waals surface area contributed by atoms with Crippen molar-refractivity contribution in [3.8, 4) is 5.75 Å². The van der Waals surface area contributed by atoms with Gasteiger partial charge in [0.1, 0.15) is 18.1 Å².